The number of aliphatic hydroxyl groups is 1. The molecule has 0 aliphatic carbocycles. The Balaban J connectivity index is 3.09. The van der Waals surface area contributed by atoms with Gasteiger partial charge in [0.1, 0.15) is 5.82 Å². The van der Waals surface area contributed by atoms with Gasteiger partial charge in [0.05, 0.1) is 11.7 Å². The molecule has 0 radical (unpaired) electrons. The number of hydrogen-bond acceptors (Lipinski definition) is 2. The van der Waals surface area contributed by atoms with Gasteiger partial charge in [-0.05, 0) is 25.2 Å². The molecule has 0 aliphatic rings. The Kier molecular flexibility index (Phi) is 3.88. The molecule has 2 nitrogen and oxygen atoms in total. The van der Waals surface area contributed by atoms with Crippen molar-refractivity contribution in [3.05, 3.63) is 35.1 Å². The second-order valence-corrected chi connectivity index (χ2v) is 3.31. The van der Waals surface area contributed by atoms with E-state index in [-0.39, 0.29) is 12.1 Å². The van der Waals surface area contributed by atoms with Crippen LogP contribution in [0, 0.1) is 5.82 Å². The Morgan fingerprint density at radius 2 is 2.00 bits per heavy atom. The van der Waals surface area contributed by atoms with Gasteiger partial charge in [0.25, 0.3) is 0 Å². The maximum atomic E-state index is 13.2. The highest BCUT2D eigenvalue weighted by molar-refractivity contribution is 5.28. The van der Waals surface area contributed by atoms with Crippen LogP contribution in [0.1, 0.15) is 17.2 Å². The zero-order valence-corrected chi connectivity index (χ0v) is 8.48. The third-order valence-corrected chi connectivity index (χ3v) is 2.08. The van der Waals surface area contributed by atoms with E-state index in [4.69, 9.17) is 0 Å². The van der Waals surface area contributed by atoms with E-state index in [9.17, 15) is 22.7 Å². The molecule has 0 aliphatic heterocycles. The van der Waals surface area contributed by atoms with Crippen molar-refractivity contribution < 1.29 is 22.7 Å². The van der Waals surface area contributed by atoms with Gasteiger partial charge in [0, 0.05) is 12.1 Å². The topological polar surface area (TPSA) is 32.3 Å². The maximum absolute atomic E-state index is 13.2. The number of benzene rings is 1. The van der Waals surface area contributed by atoms with Crippen LogP contribution in [-0.4, -0.2) is 18.7 Å². The van der Waals surface area contributed by atoms with Crippen LogP contribution in [0.15, 0.2) is 18.2 Å². The Labute approximate surface area is 89.9 Å². The predicted octanol–water partition coefficient (Wildman–Crippen LogP) is 2.10. The molecule has 0 heterocycles. The van der Waals surface area contributed by atoms with Gasteiger partial charge in [-0.2, -0.15) is 13.2 Å². The van der Waals surface area contributed by atoms with E-state index in [1.165, 1.54) is 7.05 Å². The van der Waals surface area contributed by atoms with Crippen LogP contribution in [0.25, 0.3) is 0 Å². The summed E-state index contributed by atoms with van der Waals surface area (Å²) in [5.74, 6) is -0.851. The number of nitrogens with one attached hydrogen (secondary N) is 1. The second-order valence-electron chi connectivity index (χ2n) is 3.31. The van der Waals surface area contributed by atoms with Gasteiger partial charge in [-0.3, -0.25) is 0 Å². The van der Waals surface area contributed by atoms with Crippen molar-refractivity contribution in [2.75, 3.05) is 13.6 Å². The lowest BCUT2D eigenvalue weighted by atomic mass is 10.0. The Morgan fingerprint density at radius 3 is 2.50 bits per heavy atom. The third kappa shape index (κ3) is 2.93. The zero-order valence-electron chi connectivity index (χ0n) is 8.48. The maximum Gasteiger partial charge on any atom is 0.416 e. The molecule has 2 N–H and O–H groups in total. The molecule has 16 heavy (non-hydrogen) atoms. The first-order valence-electron chi connectivity index (χ1n) is 4.55. The monoisotopic (exact) mass is 237 g/mol. The molecule has 0 aromatic heterocycles. The summed E-state index contributed by atoms with van der Waals surface area (Å²) in [7, 11) is 1.51. The molecule has 1 unspecified atom stereocenters. The second kappa shape index (κ2) is 4.80. The number of halogens is 4. The van der Waals surface area contributed by atoms with E-state index in [1.54, 1.807) is 0 Å². The highest BCUT2D eigenvalue weighted by atomic mass is 19.4. The number of aliphatic hydroxyl groups excluding tert-OH is 1. The summed E-state index contributed by atoms with van der Waals surface area (Å²) in [6, 6.07) is 1.97. The standard InChI is InChI=1S/C10H11F4NO/c1-15-5-9(16)7-4-6(10(12,13)14)2-3-8(7)11/h2-4,9,15-16H,5H2,1H3. The van der Waals surface area contributed by atoms with Crippen molar-refractivity contribution in [2.45, 2.75) is 12.3 Å². The molecule has 1 rings (SSSR count). The van der Waals surface area contributed by atoms with Crippen LogP contribution in [0.5, 0.6) is 0 Å². The van der Waals surface area contributed by atoms with Gasteiger partial charge < -0.3 is 10.4 Å². The lowest BCUT2D eigenvalue weighted by Crippen LogP contribution is -2.18. The van der Waals surface area contributed by atoms with E-state index in [0.29, 0.717) is 18.2 Å². The van der Waals surface area contributed by atoms with Crippen LogP contribution >= 0.6 is 0 Å². The summed E-state index contributed by atoms with van der Waals surface area (Å²) in [4.78, 5) is 0. The Bertz CT molecular complexity index is 364. The van der Waals surface area contributed by atoms with Crippen molar-refractivity contribution in [2.24, 2.45) is 0 Å². The Morgan fingerprint density at radius 1 is 1.38 bits per heavy atom. The van der Waals surface area contributed by atoms with Crippen LogP contribution in [0.3, 0.4) is 0 Å². The summed E-state index contributed by atoms with van der Waals surface area (Å²) >= 11 is 0. The average molecular weight is 237 g/mol. The number of rotatable bonds is 3. The van der Waals surface area contributed by atoms with Crippen molar-refractivity contribution >= 4 is 0 Å². The number of alkyl halides is 3. The molecule has 0 amide bonds. The third-order valence-electron chi connectivity index (χ3n) is 2.08. The molecule has 1 aromatic carbocycles. The average Bonchev–Trinajstić information content (AvgIpc) is 2.16. The summed E-state index contributed by atoms with van der Waals surface area (Å²) in [5, 5.41) is 12.0. The van der Waals surface area contributed by atoms with Crippen molar-refractivity contribution in [3.8, 4) is 0 Å². The van der Waals surface area contributed by atoms with Crippen molar-refractivity contribution in [1.29, 1.82) is 0 Å². The summed E-state index contributed by atoms with van der Waals surface area (Å²) in [5.41, 5.74) is -1.33. The minimum atomic E-state index is -4.54. The van der Waals surface area contributed by atoms with Gasteiger partial charge in [-0.25, -0.2) is 4.39 Å². The Hall–Kier alpha value is -1.14. The minimum Gasteiger partial charge on any atom is -0.387 e. The van der Waals surface area contributed by atoms with Crippen LogP contribution in [0.2, 0.25) is 0 Å². The van der Waals surface area contributed by atoms with E-state index >= 15 is 0 Å². The molecule has 90 valence electrons. The highest BCUT2D eigenvalue weighted by Crippen LogP contribution is 2.31. The van der Waals surface area contributed by atoms with Gasteiger partial charge >= 0.3 is 6.18 Å². The molecule has 1 aromatic rings. The first-order chi connectivity index (χ1) is 7.36. The largest absolute Gasteiger partial charge is 0.416 e. The molecule has 0 fully saturated rings. The molecule has 0 bridgehead atoms. The predicted molar refractivity (Wildman–Crippen MR) is 50.3 cm³/mol. The normalized spacial score (nSPS) is 13.9. The van der Waals surface area contributed by atoms with Gasteiger partial charge in [0.2, 0.25) is 0 Å². The molecular formula is C10H11F4NO. The van der Waals surface area contributed by atoms with Gasteiger partial charge in [-0.1, -0.05) is 0 Å². The fourth-order valence-electron chi connectivity index (χ4n) is 1.28. The lowest BCUT2D eigenvalue weighted by Gasteiger charge is -2.14. The number of hydrogen-bond donors (Lipinski definition) is 2. The van der Waals surface area contributed by atoms with Crippen LogP contribution in [-0.2, 0) is 6.18 Å². The quantitative estimate of drug-likeness (QED) is 0.789. The molecule has 0 saturated carbocycles. The minimum absolute atomic E-state index is 0.0156. The summed E-state index contributed by atoms with van der Waals surface area (Å²) in [6.45, 7) is -0.0156. The smallest absolute Gasteiger partial charge is 0.387 e. The lowest BCUT2D eigenvalue weighted by molar-refractivity contribution is -0.137. The van der Waals surface area contributed by atoms with E-state index in [1.807, 2.05) is 0 Å². The molecule has 0 saturated heterocycles. The fraction of sp³-hybridized carbons (Fsp3) is 0.400. The molecule has 0 spiro atoms. The van der Waals surface area contributed by atoms with E-state index in [0.717, 1.165) is 0 Å². The first kappa shape index (κ1) is 12.9. The van der Waals surface area contributed by atoms with Gasteiger partial charge in [0.15, 0.2) is 0 Å². The van der Waals surface area contributed by atoms with Crippen LogP contribution < -0.4 is 5.32 Å². The van der Waals surface area contributed by atoms with Crippen molar-refractivity contribution in [1.82, 2.24) is 5.32 Å². The molecular weight excluding hydrogens is 226 g/mol. The van der Waals surface area contributed by atoms with E-state index < -0.39 is 23.7 Å². The summed E-state index contributed by atoms with van der Waals surface area (Å²) < 4.78 is 50.2. The highest BCUT2D eigenvalue weighted by Gasteiger charge is 2.31. The molecule has 1 atom stereocenters. The number of likely N-dealkylation sites (N-methyl/N-ethyl adjacent to an activating group) is 1. The SMILES string of the molecule is CNCC(O)c1cc(C(F)(F)F)ccc1F. The summed E-state index contributed by atoms with van der Waals surface area (Å²) in [6.07, 6.45) is -5.84. The first-order valence-corrected chi connectivity index (χ1v) is 4.55. The van der Waals surface area contributed by atoms with E-state index in [2.05, 4.69) is 5.32 Å². The van der Waals surface area contributed by atoms with Crippen molar-refractivity contribution in [3.63, 3.8) is 0 Å². The molecule has 6 heteroatoms. The van der Waals surface area contributed by atoms with Gasteiger partial charge in [-0.15, -0.1) is 0 Å². The zero-order chi connectivity index (χ0) is 12.3. The van der Waals surface area contributed by atoms with Crippen LogP contribution in [0.4, 0.5) is 17.6 Å². The fourth-order valence-corrected chi connectivity index (χ4v) is 1.28.